The number of anilines is 1. The monoisotopic (exact) mass is 266 g/mol. The second kappa shape index (κ2) is 6.35. The molecule has 0 radical (unpaired) electrons. The lowest BCUT2D eigenvalue weighted by Crippen LogP contribution is -2.32. The topological polar surface area (TPSA) is 38.5 Å². The summed E-state index contributed by atoms with van der Waals surface area (Å²) < 4.78 is 19.4. The fourth-order valence-corrected chi connectivity index (χ4v) is 2.45. The van der Waals surface area contributed by atoms with Gasteiger partial charge in [0.2, 0.25) is 0 Å². The van der Waals surface area contributed by atoms with Gasteiger partial charge in [0.15, 0.2) is 0 Å². The van der Waals surface area contributed by atoms with E-state index in [0.29, 0.717) is 19.1 Å². The molecule has 1 fully saturated rings. The fourth-order valence-electron chi connectivity index (χ4n) is 2.45. The highest BCUT2D eigenvalue weighted by atomic mass is 19.1. The molecule has 0 amide bonds. The number of ether oxygens (including phenoxy) is 1. The fraction of sp³-hybridized carbons (Fsp3) is 0.600. The van der Waals surface area contributed by atoms with Gasteiger partial charge in [0.1, 0.15) is 5.82 Å². The van der Waals surface area contributed by atoms with Crippen LogP contribution in [0.5, 0.6) is 0 Å². The highest BCUT2D eigenvalue weighted by Crippen LogP contribution is 2.35. The van der Waals surface area contributed by atoms with Crippen LogP contribution in [0.15, 0.2) is 18.2 Å². The number of nitrogens with zero attached hydrogens (tertiary/aromatic N) is 1. The van der Waals surface area contributed by atoms with Gasteiger partial charge in [-0.3, -0.25) is 0 Å². The number of para-hydroxylation sites is 1. The summed E-state index contributed by atoms with van der Waals surface area (Å²) in [6.07, 6.45) is 2.97. The van der Waals surface area contributed by atoms with Gasteiger partial charge in [0.05, 0.1) is 12.3 Å². The Morgan fingerprint density at radius 1 is 1.47 bits per heavy atom. The molecule has 0 aliphatic heterocycles. The van der Waals surface area contributed by atoms with Crippen LogP contribution in [0.4, 0.5) is 10.1 Å². The van der Waals surface area contributed by atoms with E-state index >= 15 is 0 Å². The average Bonchev–Trinajstić information content (AvgIpc) is 3.16. The first kappa shape index (κ1) is 14.3. The lowest BCUT2D eigenvalue weighted by molar-refractivity contribution is 0.204. The van der Waals surface area contributed by atoms with Crippen molar-refractivity contribution in [2.45, 2.75) is 38.3 Å². The van der Waals surface area contributed by atoms with E-state index in [0.717, 1.165) is 30.6 Å². The summed E-state index contributed by atoms with van der Waals surface area (Å²) in [6, 6.07) is 5.76. The molecular weight excluding hydrogens is 243 g/mol. The van der Waals surface area contributed by atoms with Gasteiger partial charge in [-0.05, 0) is 37.8 Å². The van der Waals surface area contributed by atoms with Crippen molar-refractivity contribution in [3.63, 3.8) is 0 Å². The van der Waals surface area contributed by atoms with Gasteiger partial charge >= 0.3 is 0 Å². The van der Waals surface area contributed by atoms with Crippen LogP contribution in [-0.4, -0.2) is 32.3 Å². The quantitative estimate of drug-likeness (QED) is 0.823. The Kier molecular flexibility index (Phi) is 4.77. The first-order valence-corrected chi connectivity index (χ1v) is 6.92. The van der Waals surface area contributed by atoms with E-state index in [9.17, 15) is 4.39 Å². The first-order chi connectivity index (χ1) is 9.13. The number of benzene rings is 1. The maximum Gasteiger partial charge on any atom is 0.146 e. The Hall–Kier alpha value is -1.13. The minimum Gasteiger partial charge on any atom is -0.383 e. The van der Waals surface area contributed by atoms with Crippen molar-refractivity contribution in [2.75, 3.05) is 25.2 Å². The Bertz CT molecular complexity index is 419. The second-order valence-electron chi connectivity index (χ2n) is 5.35. The lowest BCUT2D eigenvalue weighted by Gasteiger charge is -2.28. The molecule has 106 valence electrons. The van der Waals surface area contributed by atoms with E-state index < -0.39 is 0 Å². The average molecular weight is 266 g/mol. The van der Waals surface area contributed by atoms with Crippen LogP contribution in [0, 0.1) is 5.82 Å². The van der Waals surface area contributed by atoms with Crippen molar-refractivity contribution in [1.29, 1.82) is 0 Å². The maximum atomic E-state index is 14.2. The van der Waals surface area contributed by atoms with Gasteiger partial charge in [-0.25, -0.2) is 4.39 Å². The zero-order chi connectivity index (χ0) is 13.8. The van der Waals surface area contributed by atoms with E-state index in [1.807, 2.05) is 13.0 Å². The van der Waals surface area contributed by atoms with Crippen molar-refractivity contribution < 1.29 is 9.13 Å². The number of hydrogen-bond acceptors (Lipinski definition) is 3. The smallest absolute Gasteiger partial charge is 0.146 e. The molecule has 1 aliphatic carbocycles. The van der Waals surface area contributed by atoms with Gasteiger partial charge in [-0.1, -0.05) is 12.1 Å². The Labute approximate surface area is 114 Å². The maximum absolute atomic E-state index is 14.2. The molecular formula is C15H23FN2O. The van der Waals surface area contributed by atoms with Gasteiger partial charge < -0.3 is 15.4 Å². The zero-order valence-electron chi connectivity index (χ0n) is 11.7. The summed E-state index contributed by atoms with van der Waals surface area (Å²) in [4.78, 5) is 2.15. The second-order valence-corrected chi connectivity index (χ2v) is 5.35. The molecule has 1 aromatic rings. The molecule has 2 rings (SSSR count). The van der Waals surface area contributed by atoms with Crippen LogP contribution < -0.4 is 10.6 Å². The summed E-state index contributed by atoms with van der Waals surface area (Å²) in [5, 5.41) is 0. The molecule has 0 spiro atoms. The van der Waals surface area contributed by atoms with Crippen LogP contribution in [0.1, 0.15) is 25.3 Å². The normalized spacial score (nSPS) is 16.4. The predicted molar refractivity (Wildman–Crippen MR) is 76.0 cm³/mol. The van der Waals surface area contributed by atoms with E-state index in [1.54, 1.807) is 13.2 Å². The highest BCUT2D eigenvalue weighted by Gasteiger charge is 2.31. The number of nitrogens with two attached hydrogens (primary N) is 1. The number of hydrogen-bond donors (Lipinski definition) is 1. The molecule has 1 atom stereocenters. The van der Waals surface area contributed by atoms with Crippen LogP contribution in [0.2, 0.25) is 0 Å². The Balaban J connectivity index is 2.28. The molecule has 4 heteroatoms. The lowest BCUT2D eigenvalue weighted by atomic mass is 10.0. The van der Waals surface area contributed by atoms with Gasteiger partial charge in [-0.15, -0.1) is 0 Å². The van der Waals surface area contributed by atoms with E-state index in [1.165, 1.54) is 6.07 Å². The van der Waals surface area contributed by atoms with Crippen LogP contribution in [0.25, 0.3) is 0 Å². The third kappa shape index (κ3) is 3.67. The van der Waals surface area contributed by atoms with Crippen molar-refractivity contribution in [2.24, 2.45) is 5.73 Å². The molecule has 1 aliphatic rings. The molecule has 0 aromatic heterocycles. The Morgan fingerprint density at radius 2 is 2.21 bits per heavy atom. The first-order valence-electron chi connectivity index (χ1n) is 6.92. The molecule has 1 saturated carbocycles. The summed E-state index contributed by atoms with van der Waals surface area (Å²) in [6.45, 7) is 3.29. The van der Waals surface area contributed by atoms with Crippen LogP contribution in [-0.2, 0) is 11.2 Å². The van der Waals surface area contributed by atoms with E-state index in [-0.39, 0.29) is 11.9 Å². The van der Waals surface area contributed by atoms with Crippen molar-refractivity contribution in [3.8, 4) is 0 Å². The largest absolute Gasteiger partial charge is 0.383 e. The molecule has 2 N–H and O–H groups in total. The Morgan fingerprint density at radius 3 is 2.79 bits per heavy atom. The zero-order valence-corrected chi connectivity index (χ0v) is 11.7. The van der Waals surface area contributed by atoms with Gasteiger partial charge in [0, 0.05) is 25.7 Å². The van der Waals surface area contributed by atoms with Crippen molar-refractivity contribution in [3.05, 3.63) is 29.6 Å². The van der Waals surface area contributed by atoms with E-state index in [2.05, 4.69) is 4.90 Å². The van der Waals surface area contributed by atoms with Crippen molar-refractivity contribution >= 4 is 5.69 Å². The molecule has 1 unspecified atom stereocenters. The van der Waals surface area contributed by atoms with Crippen LogP contribution >= 0.6 is 0 Å². The summed E-state index contributed by atoms with van der Waals surface area (Å²) in [7, 11) is 1.68. The van der Waals surface area contributed by atoms with Gasteiger partial charge in [0.25, 0.3) is 0 Å². The minimum absolute atomic E-state index is 0.0315. The highest BCUT2D eigenvalue weighted by molar-refractivity contribution is 5.57. The molecule has 0 heterocycles. The summed E-state index contributed by atoms with van der Waals surface area (Å²) in [5.41, 5.74) is 7.59. The summed E-state index contributed by atoms with van der Waals surface area (Å²) in [5.74, 6) is -0.152. The van der Waals surface area contributed by atoms with Crippen LogP contribution in [0.3, 0.4) is 0 Å². The molecule has 0 bridgehead atoms. The number of rotatable bonds is 7. The molecule has 3 nitrogen and oxygen atoms in total. The summed E-state index contributed by atoms with van der Waals surface area (Å²) >= 11 is 0. The standard InChI is InChI=1S/C15H23FN2O/c1-11(17)10-12-4-3-5-14(16)15(12)18(8-9-19-2)13-6-7-13/h3-5,11,13H,6-10,17H2,1-2H3. The SMILES string of the molecule is COCCN(c1c(F)cccc1CC(C)N)C1CC1. The van der Waals surface area contributed by atoms with Gasteiger partial charge in [-0.2, -0.15) is 0 Å². The number of methoxy groups -OCH3 is 1. The van der Waals surface area contributed by atoms with Crippen molar-refractivity contribution in [1.82, 2.24) is 0 Å². The van der Waals surface area contributed by atoms with E-state index in [4.69, 9.17) is 10.5 Å². The molecule has 0 saturated heterocycles. The number of halogens is 1. The molecule has 1 aromatic carbocycles. The third-order valence-corrected chi connectivity index (χ3v) is 3.42. The predicted octanol–water partition coefficient (Wildman–Crippen LogP) is 2.33. The third-order valence-electron chi connectivity index (χ3n) is 3.42. The minimum atomic E-state index is -0.152. The molecule has 19 heavy (non-hydrogen) atoms.